The average molecular weight is 251 g/mol. The van der Waals surface area contributed by atoms with Crippen molar-refractivity contribution in [2.45, 2.75) is 6.54 Å². The molecule has 0 spiro atoms. The Kier molecular flexibility index (Phi) is 3.29. The Morgan fingerprint density at radius 1 is 1.53 bits per heavy atom. The van der Waals surface area contributed by atoms with Crippen LogP contribution in [0.4, 0.5) is 0 Å². The van der Waals surface area contributed by atoms with Crippen molar-refractivity contribution in [1.29, 1.82) is 0 Å². The molecule has 0 aliphatic rings. The van der Waals surface area contributed by atoms with E-state index >= 15 is 0 Å². The van der Waals surface area contributed by atoms with Gasteiger partial charge in [0.15, 0.2) is 5.78 Å². The molecule has 0 saturated heterocycles. The summed E-state index contributed by atoms with van der Waals surface area (Å²) in [4.78, 5) is 26.6. The minimum absolute atomic E-state index is 0.0504. The third-order valence-corrected chi connectivity index (χ3v) is 2.74. The van der Waals surface area contributed by atoms with Gasteiger partial charge in [0.2, 0.25) is 0 Å². The van der Waals surface area contributed by atoms with Gasteiger partial charge in [-0.15, -0.1) is 5.10 Å². The number of hydrogen-bond donors (Lipinski definition) is 0. The number of nitrogens with zero attached hydrogens (tertiary/aromatic N) is 3. The van der Waals surface area contributed by atoms with Crippen molar-refractivity contribution >= 4 is 23.1 Å². The van der Waals surface area contributed by atoms with Gasteiger partial charge in [-0.2, -0.15) is 11.3 Å². The zero-order valence-corrected chi connectivity index (χ0v) is 9.81. The first-order valence-electron chi connectivity index (χ1n) is 4.74. The van der Waals surface area contributed by atoms with Crippen molar-refractivity contribution in [2.24, 2.45) is 0 Å². The van der Waals surface area contributed by atoms with Gasteiger partial charge in [-0.05, 0) is 11.4 Å². The molecular formula is C10H9N3O3S. The minimum Gasteiger partial charge on any atom is -0.463 e. The molecule has 0 aliphatic heterocycles. The lowest BCUT2D eigenvalue weighted by Crippen LogP contribution is -2.11. The number of Topliss-reactive ketones (excluding diaryl/α,β-unsaturated/α-hetero) is 1. The molecule has 2 rings (SSSR count). The molecular weight excluding hydrogens is 242 g/mol. The summed E-state index contributed by atoms with van der Waals surface area (Å²) in [6.45, 7) is 0.0563. The highest BCUT2D eigenvalue weighted by atomic mass is 32.1. The van der Waals surface area contributed by atoms with Gasteiger partial charge >= 0.3 is 5.97 Å². The number of carbonyl (C=O) groups is 2. The van der Waals surface area contributed by atoms with Crippen LogP contribution in [0.15, 0.2) is 23.2 Å². The van der Waals surface area contributed by atoms with E-state index in [1.165, 1.54) is 29.5 Å². The Labute approximate surface area is 101 Å². The highest BCUT2D eigenvalue weighted by molar-refractivity contribution is 7.08. The summed E-state index contributed by atoms with van der Waals surface area (Å²) in [6.07, 6.45) is 1.33. The molecule has 0 saturated carbocycles. The smallest absolute Gasteiger partial charge is 0.377 e. The Balaban J connectivity index is 2.07. The van der Waals surface area contributed by atoms with Gasteiger partial charge in [0, 0.05) is 10.9 Å². The monoisotopic (exact) mass is 251 g/mol. The topological polar surface area (TPSA) is 74.1 Å². The number of methoxy groups -OCH3 is 1. The van der Waals surface area contributed by atoms with Crippen LogP contribution in [-0.2, 0) is 11.3 Å². The Hall–Kier alpha value is -2.02. The third kappa shape index (κ3) is 2.56. The SMILES string of the molecule is COC(=O)c1ncn(CC(=O)c2ccsc2)n1. The molecule has 0 atom stereocenters. The lowest BCUT2D eigenvalue weighted by atomic mass is 10.2. The highest BCUT2D eigenvalue weighted by Gasteiger charge is 2.13. The van der Waals surface area contributed by atoms with Gasteiger partial charge in [0.25, 0.3) is 5.82 Å². The van der Waals surface area contributed by atoms with Crippen LogP contribution in [0.25, 0.3) is 0 Å². The zero-order valence-electron chi connectivity index (χ0n) is 8.99. The van der Waals surface area contributed by atoms with Crippen LogP contribution in [0, 0.1) is 0 Å². The maximum Gasteiger partial charge on any atom is 0.377 e. The van der Waals surface area contributed by atoms with E-state index in [0.29, 0.717) is 5.56 Å². The van der Waals surface area contributed by atoms with E-state index in [-0.39, 0.29) is 18.2 Å². The normalized spacial score (nSPS) is 10.2. The first kappa shape index (κ1) is 11.5. The molecule has 0 bridgehead atoms. The van der Waals surface area contributed by atoms with E-state index in [2.05, 4.69) is 14.8 Å². The molecule has 0 unspecified atom stereocenters. The summed E-state index contributed by atoms with van der Waals surface area (Å²) in [5, 5.41) is 7.44. The van der Waals surface area contributed by atoms with Crippen LogP contribution in [-0.4, -0.2) is 33.6 Å². The molecule has 2 aromatic rings. The Morgan fingerprint density at radius 3 is 3.00 bits per heavy atom. The number of esters is 1. The van der Waals surface area contributed by atoms with E-state index in [0.717, 1.165) is 0 Å². The fourth-order valence-electron chi connectivity index (χ4n) is 1.22. The van der Waals surface area contributed by atoms with Gasteiger partial charge in [-0.3, -0.25) is 4.79 Å². The van der Waals surface area contributed by atoms with Crippen LogP contribution in [0.2, 0.25) is 0 Å². The first-order valence-corrected chi connectivity index (χ1v) is 5.68. The Bertz CT molecular complexity index is 533. The van der Waals surface area contributed by atoms with Crippen LogP contribution in [0.5, 0.6) is 0 Å². The fraction of sp³-hybridized carbons (Fsp3) is 0.200. The fourth-order valence-corrected chi connectivity index (χ4v) is 1.88. The summed E-state index contributed by atoms with van der Waals surface area (Å²) in [5.41, 5.74) is 0.630. The number of carbonyl (C=O) groups excluding carboxylic acids is 2. The van der Waals surface area contributed by atoms with E-state index < -0.39 is 5.97 Å². The van der Waals surface area contributed by atoms with Crippen LogP contribution < -0.4 is 0 Å². The van der Waals surface area contributed by atoms with E-state index in [4.69, 9.17) is 0 Å². The van der Waals surface area contributed by atoms with Gasteiger partial charge in [0.1, 0.15) is 12.9 Å². The highest BCUT2D eigenvalue weighted by Crippen LogP contribution is 2.07. The number of thiophene rings is 1. The largest absolute Gasteiger partial charge is 0.463 e. The van der Waals surface area contributed by atoms with Crippen molar-refractivity contribution < 1.29 is 14.3 Å². The molecule has 0 aromatic carbocycles. The summed E-state index contributed by atoms with van der Waals surface area (Å²) in [5.74, 6) is -0.745. The molecule has 88 valence electrons. The molecule has 0 aliphatic carbocycles. The van der Waals surface area contributed by atoms with E-state index in [1.807, 2.05) is 5.38 Å². The predicted octanol–water partition coefficient (Wildman–Crippen LogP) is 1.01. The van der Waals surface area contributed by atoms with Crippen molar-refractivity contribution in [1.82, 2.24) is 14.8 Å². The van der Waals surface area contributed by atoms with Crippen LogP contribution in [0.3, 0.4) is 0 Å². The molecule has 2 aromatic heterocycles. The second-order valence-electron chi connectivity index (χ2n) is 3.19. The quantitative estimate of drug-likeness (QED) is 0.599. The van der Waals surface area contributed by atoms with Crippen molar-refractivity contribution in [2.75, 3.05) is 7.11 Å². The van der Waals surface area contributed by atoms with Crippen LogP contribution >= 0.6 is 11.3 Å². The molecule has 6 nitrogen and oxygen atoms in total. The number of aromatic nitrogens is 3. The van der Waals surface area contributed by atoms with Gasteiger partial charge < -0.3 is 4.74 Å². The second kappa shape index (κ2) is 4.88. The minimum atomic E-state index is -0.619. The second-order valence-corrected chi connectivity index (χ2v) is 3.97. The lowest BCUT2D eigenvalue weighted by molar-refractivity contribution is 0.0585. The molecule has 7 heteroatoms. The third-order valence-electron chi connectivity index (χ3n) is 2.05. The number of ketones is 1. The first-order chi connectivity index (χ1) is 8.20. The molecule has 2 heterocycles. The van der Waals surface area contributed by atoms with Gasteiger partial charge in [0.05, 0.1) is 7.11 Å². The summed E-state index contributed by atoms with van der Waals surface area (Å²) in [7, 11) is 1.25. The maximum atomic E-state index is 11.7. The molecule has 0 fully saturated rings. The van der Waals surface area contributed by atoms with Crippen molar-refractivity contribution in [3.63, 3.8) is 0 Å². The summed E-state index contributed by atoms with van der Waals surface area (Å²) >= 11 is 1.45. The number of rotatable bonds is 4. The van der Waals surface area contributed by atoms with Crippen molar-refractivity contribution in [3.05, 3.63) is 34.5 Å². The average Bonchev–Trinajstić information content (AvgIpc) is 2.98. The number of hydrogen-bond acceptors (Lipinski definition) is 6. The lowest BCUT2D eigenvalue weighted by Gasteiger charge is -1.97. The maximum absolute atomic E-state index is 11.7. The van der Waals surface area contributed by atoms with E-state index in [9.17, 15) is 9.59 Å². The predicted molar refractivity (Wildman–Crippen MR) is 60.0 cm³/mol. The molecule has 0 amide bonds. The summed E-state index contributed by atoms with van der Waals surface area (Å²) < 4.78 is 5.78. The van der Waals surface area contributed by atoms with Crippen LogP contribution in [0.1, 0.15) is 21.0 Å². The zero-order chi connectivity index (χ0) is 12.3. The number of ether oxygens (including phenoxy) is 1. The Morgan fingerprint density at radius 2 is 2.35 bits per heavy atom. The summed E-state index contributed by atoms with van der Waals surface area (Å²) in [6, 6.07) is 1.74. The van der Waals surface area contributed by atoms with Crippen molar-refractivity contribution in [3.8, 4) is 0 Å². The van der Waals surface area contributed by atoms with Gasteiger partial charge in [-0.25, -0.2) is 14.5 Å². The molecule has 17 heavy (non-hydrogen) atoms. The molecule has 0 radical (unpaired) electrons. The van der Waals surface area contributed by atoms with Gasteiger partial charge in [-0.1, -0.05) is 0 Å². The standard InChI is InChI=1S/C10H9N3O3S/c1-16-10(15)9-11-6-13(12-9)4-8(14)7-2-3-17-5-7/h2-3,5-6H,4H2,1H3. The van der Waals surface area contributed by atoms with E-state index in [1.54, 1.807) is 11.4 Å². The molecule has 0 N–H and O–H groups in total.